The molecule has 1 saturated heterocycles. The molecular formula is C23H32F3N7O2. The molecule has 1 aliphatic heterocycles. The zero-order valence-corrected chi connectivity index (χ0v) is 20.0. The number of halogens is 3. The molecule has 2 aromatic rings. The van der Waals surface area contributed by atoms with Crippen LogP contribution in [0.2, 0.25) is 0 Å². The summed E-state index contributed by atoms with van der Waals surface area (Å²) in [5.41, 5.74) is -0.953. The Morgan fingerprint density at radius 3 is 2.54 bits per heavy atom. The third kappa shape index (κ3) is 6.41. The molecule has 2 aliphatic rings. The second-order valence-corrected chi connectivity index (χ2v) is 9.31. The van der Waals surface area contributed by atoms with E-state index >= 15 is 0 Å². The van der Waals surface area contributed by atoms with E-state index in [1.807, 2.05) is 0 Å². The number of alkyl halides is 3. The number of carbonyl (C=O) groups is 1. The molecule has 0 aromatic carbocycles. The molecule has 0 spiro atoms. The topological polar surface area (TPSA) is 108 Å². The minimum absolute atomic E-state index is 0.00915. The largest absolute Gasteiger partial charge is 0.443 e. The van der Waals surface area contributed by atoms with Crippen LogP contribution in [0.4, 0.5) is 30.8 Å². The highest BCUT2D eigenvalue weighted by atomic mass is 19.4. The number of aryl methyl sites for hydroxylation is 1. The van der Waals surface area contributed by atoms with Gasteiger partial charge in [0.1, 0.15) is 17.1 Å². The van der Waals surface area contributed by atoms with Crippen molar-refractivity contribution < 1.29 is 22.4 Å². The van der Waals surface area contributed by atoms with E-state index in [1.54, 1.807) is 6.92 Å². The summed E-state index contributed by atoms with van der Waals surface area (Å²) in [6.45, 7) is 4.26. The maximum absolute atomic E-state index is 13.5. The van der Waals surface area contributed by atoms with Crippen LogP contribution in [-0.4, -0.2) is 59.0 Å². The first-order chi connectivity index (χ1) is 16.7. The summed E-state index contributed by atoms with van der Waals surface area (Å²) in [6.07, 6.45) is 1.35. The number of anilines is 3. The van der Waals surface area contributed by atoms with Crippen LogP contribution in [-0.2, 0) is 11.0 Å². The Morgan fingerprint density at radius 1 is 1.14 bits per heavy atom. The maximum atomic E-state index is 13.5. The number of rotatable bonds is 9. The molecule has 12 heteroatoms. The Morgan fingerprint density at radius 2 is 1.89 bits per heavy atom. The molecular weight excluding hydrogens is 463 g/mol. The quantitative estimate of drug-likeness (QED) is 0.447. The highest BCUT2D eigenvalue weighted by molar-refractivity contribution is 5.79. The number of oxazole rings is 1. The first kappa shape index (κ1) is 25.2. The minimum Gasteiger partial charge on any atom is -0.443 e. The lowest BCUT2D eigenvalue weighted by atomic mass is 9.85. The van der Waals surface area contributed by atoms with Gasteiger partial charge in [0.05, 0.1) is 0 Å². The number of piperidine rings is 1. The number of hydrogen-bond donors (Lipinski definition) is 3. The zero-order chi connectivity index (χ0) is 25.0. The Labute approximate surface area is 202 Å². The van der Waals surface area contributed by atoms with E-state index in [0.29, 0.717) is 30.4 Å². The number of carbonyl (C=O) groups excluding carboxylic acids is 1. The highest BCUT2D eigenvalue weighted by Gasteiger charge is 2.35. The predicted octanol–water partition coefficient (Wildman–Crippen LogP) is 4.06. The van der Waals surface area contributed by atoms with Crippen LogP contribution in [0.3, 0.4) is 0 Å². The second-order valence-electron chi connectivity index (χ2n) is 9.31. The van der Waals surface area contributed by atoms with E-state index in [9.17, 15) is 18.0 Å². The molecule has 9 nitrogen and oxygen atoms in total. The van der Waals surface area contributed by atoms with E-state index in [-0.39, 0.29) is 36.1 Å². The normalized spacial score (nSPS) is 17.7. The molecule has 1 saturated carbocycles. The smallest absolute Gasteiger partial charge is 0.421 e. The standard InChI is InChI=1S/C23H32F3N7O2/c1-14-18(30-21(35-14)16-7-11-33(2)12-8-16)31-22-29-13-17(23(24,25)26)19(32-22)27-9-4-10-28-20(34)15-5-3-6-15/h13,15-16H,3-12H2,1-2H3,(H,28,34)(H2,27,29,31,32). The minimum atomic E-state index is -4.61. The van der Waals surface area contributed by atoms with Crippen LogP contribution < -0.4 is 16.0 Å². The number of aromatic nitrogens is 3. The maximum Gasteiger partial charge on any atom is 0.421 e. The average molecular weight is 496 g/mol. The van der Waals surface area contributed by atoms with Gasteiger partial charge >= 0.3 is 6.18 Å². The molecule has 2 fully saturated rings. The van der Waals surface area contributed by atoms with Crippen molar-refractivity contribution in [3.63, 3.8) is 0 Å². The molecule has 1 amide bonds. The van der Waals surface area contributed by atoms with Gasteiger partial charge < -0.3 is 25.3 Å². The predicted molar refractivity (Wildman–Crippen MR) is 124 cm³/mol. The van der Waals surface area contributed by atoms with Crippen molar-refractivity contribution >= 4 is 23.5 Å². The molecule has 4 rings (SSSR count). The van der Waals surface area contributed by atoms with E-state index in [0.717, 1.165) is 51.4 Å². The Hall–Kier alpha value is -2.89. The average Bonchev–Trinajstić information content (AvgIpc) is 3.12. The van der Waals surface area contributed by atoms with Gasteiger partial charge in [-0.25, -0.2) is 4.98 Å². The molecule has 192 valence electrons. The Kier molecular flexibility index (Phi) is 7.78. The van der Waals surface area contributed by atoms with Crippen molar-refractivity contribution in [1.82, 2.24) is 25.2 Å². The summed E-state index contributed by atoms with van der Waals surface area (Å²) in [5, 5.41) is 8.47. The van der Waals surface area contributed by atoms with Gasteiger partial charge in [0.15, 0.2) is 11.7 Å². The van der Waals surface area contributed by atoms with Crippen molar-refractivity contribution in [1.29, 1.82) is 0 Å². The van der Waals surface area contributed by atoms with Crippen LogP contribution >= 0.6 is 0 Å². The number of likely N-dealkylation sites (tertiary alicyclic amines) is 1. The third-order valence-corrected chi connectivity index (χ3v) is 6.63. The second kappa shape index (κ2) is 10.8. The fourth-order valence-electron chi connectivity index (χ4n) is 4.17. The zero-order valence-electron chi connectivity index (χ0n) is 20.0. The molecule has 0 bridgehead atoms. The molecule has 2 aromatic heterocycles. The molecule has 0 unspecified atom stereocenters. The monoisotopic (exact) mass is 495 g/mol. The summed E-state index contributed by atoms with van der Waals surface area (Å²) in [4.78, 5) is 26.6. The number of hydrogen-bond acceptors (Lipinski definition) is 8. The number of amides is 1. The SMILES string of the molecule is Cc1oc(C2CCN(C)CC2)nc1Nc1ncc(C(F)(F)F)c(NCCCNC(=O)C2CCC2)n1. The van der Waals surface area contributed by atoms with E-state index in [4.69, 9.17) is 4.42 Å². The van der Waals surface area contributed by atoms with Crippen LogP contribution in [0, 0.1) is 12.8 Å². The van der Waals surface area contributed by atoms with Crippen molar-refractivity contribution in [2.45, 2.75) is 57.5 Å². The van der Waals surface area contributed by atoms with Gasteiger partial charge in [-0.1, -0.05) is 6.42 Å². The van der Waals surface area contributed by atoms with Gasteiger partial charge in [-0.15, -0.1) is 0 Å². The molecule has 1 aliphatic carbocycles. The van der Waals surface area contributed by atoms with Gasteiger partial charge in [-0.05, 0) is 59.2 Å². The van der Waals surface area contributed by atoms with Crippen molar-refractivity contribution in [3.05, 3.63) is 23.4 Å². The van der Waals surface area contributed by atoms with Gasteiger partial charge in [0.25, 0.3) is 0 Å². The summed E-state index contributed by atoms with van der Waals surface area (Å²) >= 11 is 0. The number of nitrogens with zero attached hydrogens (tertiary/aromatic N) is 4. The van der Waals surface area contributed by atoms with Gasteiger partial charge in [-0.2, -0.15) is 23.1 Å². The Bertz CT molecular complexity index is 1020. The lowest BCUT2D eigenvalue weighted by molar-refractivity contribution is -0.137. The molecule has 35 heavy (non-hydrogen) atoms. The van der Waals surface area contributed by atoms with Crippen molar-refractivity contribution in [2.24, 2.45) is 5.92 Å². The first-order valence-electron chi connectivity index (χ1n) is 12.1. The first-order valence-corrected chi connectivity index (χ1v) is 12.1. The molecule has 3 N–H and O–H groups in total. The summed E-state index contributed by atoms with van der Waals surface area (Å²) in [5.74, 6) is 1.51. The summed E-state index contributed by atoms with van der Waals surface area (Å²) in [6, 6.07) is 0. The van der Waals surface area contributed by atoms with Crippen LogP contribution in [0.25, 0.3) is 0 Å². The lowest BCUT2D eigenvalue weighted by Crippen LogP contribution is -2.35. The fourth-order valence-corrected chi connectivity index (χ4v) is 4.17. The highest BCUT2D eigenvalue weighted by Crippen LogP contribution is 2.35. The van der Waals surface area contributed by atoms with Gasteiger partial charge in [0.2, 0.25) is 11.9 Å². The van der Waals surface area contributed by atoms with Crippen LogP contribution in [0.15, 0.2) is 10.6 Å². The van der Waals surface area contributed by atoms with Gasteiger partial charge in [0, 0.05) is 31.1 Å². The van der Waals surface area contributed by atoms with Gasteiger partial charge in [-0.3, -0.25) is 4.79 Å². The van der Waals surface area contributed by atoms with E-state index in [2.05, 4.69) is 42.8 Å². The Balaban J connectivity index is 1.38. The van der Waals surface area contributed by atoms with Crippen LogP contribution in [0.1, 0.15) is 61.7 Å². The fraction of sp³-hybridized carbons (Fsp3) is 0.652. The molecule has 0 radical (unpaired) electrons. The number of nitrogens with one attached hydrogen (secondary N) is 3. The lowest BCUT2D eigenvalue weighted by Gasteiger charge is -2.26. The summed E-state index contributed by atoms with van der Waals surface area (Å²) < 4.78 is 46.3. The summed E-state index contributed by atoms with van der Waals surface area (Å²) in [7, 11) is 2.07. The van der Waals surface area contributed by atoms with E-state index < -0.39 is 11.7 Å². The van der Waals surface area contributed by atoms with Crippen molar-refractivity contribution in [3.8, 4) is 0 Å². The van der Waals surface area contributed by atoms with Crippen LogP contribution in [0.5, 0.6) is 0 Å². The molecule has 0 atom stereocenters. The van der Waals surface area contributed by atoms with Crippen molar-refractivity contribution in [2.75, 3.05) is 43.9 Å². The van der Waals surface area contributed by atoms with E-state index in [1.165, 1.54) is 0 Å². The molecule has 3 heterocycles. The third-order valence-electron chi connectivity index (χ3n) is 6.63.